The third kappa shape index (κ3) is 4.07. The number of carbonyl (C=O) groups is 1. The van der Waals surface area contributed by atoms with Crippen LogP contribution in [0.1, 0.15) is 25.9 Å². The molecule has 6 heteroatoms. The van der Waals surface area contributed by atoms with Crippen LogP contribution >= 0.6 is 11.3 Å². The van der Waals surface area contributed by atoms with Gasteiger partial charge in [-0.3, -0.25) is 4.79 Å². The number of nitrogens with zero attached hydrogens (tertiary/aromatic N) is 3. The van der Waals surface area contributed by atoms with Gasteiger partial charge >= 0.3 is 0 Å². The topological polar surface area (TPSA) is 36.4 Å². The molecule has 144 valence electrons. The molecular formula is C22H22FN3OS. The van der Waals surface area contributed by atoms with Gasteiger partial charge in [0.15, 0.2) is 0 Å². The van der Waals surface area contributed by atoms with E-state index in [0.717, 1.165) is 29.4 Å². The summed E-state index contributed by atoms with van der Waals surface area (Å²) >= 11 is 1.45. The van der Waals surface area contributed by atoms with Crippen molar-refractivity contribution >= 4 is 22.9 Å². The Balaban J connectivity index is 1.41. The second kappa shape index (κ2) is 8.10. The highest BCUT2D eigenvalue weighted by atomic mass is 32.1. The molecule has 0 aliphatic carbocycles. The third-order valence-corrected chi connectivity index (χ3v) is 6.14. The lowest BCUT2D eigenvalue weighted by Crippen LogP contribution is -2.48. The van der Waals surface area contributed by atoms with E-state index in [2.05, 4.69) is 22.0 Å². The normalized spacial score (nSPS) is 14.4. The molecule has 0 N–H and O–H groups in total. The molecule has 1 fully saturated rings. The second-order valence-corrected chi connectivity index (χ2v) is 8.02. The molecule has 1 amide bonds. The maximum absolute atomic E-state index is 13.1. The van der Waals surface area contributed by atoms with E-state index in [4.69, 9.17) is 0 Å². The Hall–Kier alpha value is -2.73. The van der Waals surface area contributed by atoms with Crippen LogP contribution in [-0.2, 0) is 6.42 Å². The Bertz CT molecular complexity index is 948. The minimum absolute atomic E-state index is 0.0630. The summed E-state index contributed by atoms with van der Waals surface area (Å²) in [6.45, 7) is 4.96. The standard InChI is InChI=1S/C22H22FN3OS/c1-16-21(28-20(24-16)15-17-7-9-18(23)10-8-17)22(27)26-13-11-25(12-14-26)19-5-3-2-4-6-19/h2-10H,11-15H2,1H3. The first-order valence-electron chi connectivity index (χ1n) is 9.40. The van der Waals surface area contributed by atoms with Crippen molar-refractivity contribution < 1.29 is 9.18 Å². The molecule has 0 unspecified atom stereocenters. The SMILES string of the molecule is Cc1nc(Cc2ccc(F)cc2)sc1C(=O)N1CCN(c2ccccc2)CC1. The highest BCUT2D eigenvalue weighted by Crippen LogP contribution is 2.24. The fourth-order valence-corrected chi connectivity index (χ4v) is 4.52. The smallest absolute Gasteiger partial charge is 0.265 e. The van der Waals surface area contributed by atoms with E-state index < -0.39 is 0 Å². The largest absolute Gasteiger partial charge is 0.368 e. The molecule has 4 nitrogen and oxygen atoms in total. The first-order valence-corrected chi connectivity index (χ1v) is 10.2. The number of para-hydroxylation sites is 1. The van der Waals surface area contributed by atoms with E-state index in [1.54, 1.807) is 12.1 Å². The summed E-state index contributed by atoms with van der Waals surface area (Å²) in [5, 5.41) is 0.885. The van der Waals surface area contributed by atoms with Gasteiger partial charge in [0, 0.05) is 38.3 Å². The fourth-order valence-electron chi connectivity index (χ4n) is 3.45. The molecule has 0 radical (unpaired) electrons. The van der Waals surface area contributed by atoms with Crippen LogP contribution in [0.5, 0.6) is 0 Å². The first-order chi connectivity index (χ1) is 13.6. The minimum atomic E-state index is -0.246. The van der Waals surface area contributed by atoms with Gasteiger partial charge in [-0.1, -0.05) is 30.3 Å². The fraction of sp³-hybridized carbons (Fsp3) is 0.273. The van der Waals surface area contributed by atoms with Crippen molar-refractivity contribution in [3.05, 3.63) is 81.6 Å². The molecule has 1 saturated heterocycles. The van der Waals surface area contributed by atoms with Gasteiger partial charge in [0.05, 0.1) is 10.7 Å². The molecule has 0 spiro atoms. The summed E-state index contributed by atoms with van der Waals surface area (Å²) in [5.74, 6) is -0.183. The number of amides is 1. The number of aromatic nitrogens is 1. The number of anilines is 1. The Morgan fingerprint density at radius 1 is 1.04 bits per heavy atom. The Kier molecular flexibility index (Phi) is 5.39. The van der Waals surface area contributed by atoms with Gasteiger partial charge in [-0.25, -0.2) is 9.37 Å². The van der Waals surface area contributed by atoms with Crippen LogP contribution in [0.25, 0.3) is 0 Å². The van der Waals surface area contributed by atoms with Crippen molar-refractivity contribution in [3.8, 4) is 0 Å². The van der Waals surface area contributed by atoms with E-state index in [1.807, 2.05) is 30.0 Å². The molecule has 0 saturated carbocycles. The number of thiazole rings is 1. The molecule has 1 aliphatic heterocycles. The first kappa shape index (κ1) is 18.6. The van der Waals surface area contributed by atoms with Crippen LogP contribution in [0.15, 0.2) is 54.6 Å². The highest BCUT2D eigenvalue weighted by Gasteiger charge is 2.25. The second-order valence-electron chi connectivity index (χ2n) is 6.94. The van der Waals surface area contributed by atoms with E-state index in [1.165, 1.54) is 29.2 Å². The molecule has 0 bridgehead atoms. The van der Waals surface area contributed by atoms with Crippen molar-refractivity contribution in [3.63, 3.8) is 0 Å². The molecule has 28 heavy (non-hydrogen) atoms. The van der Waals surface area contributed by atoms with E-state index in [-0.39, 0.29) is 11.7 Å². The Labute approximate surface area is 168 Å². The zero-order chi connectivity index (χ0) is 19.5. The monoisotopic (exact) mass is 395 g/mol. The zero-order valence-corrected chi connectivity index (χ0v) is 16.6. The number of rotatable bonds is 4. The van der Waals surface area contributed by atoms with Gasteiger partial charge in [-0.05, 0) is 36.8 Å². The summed E-state index contributed by atoms with van der Waals surface area (Å²) in [7, 11) is 0. The maximum Gasteiger partial charge on any atom is 0.265 e. The van der Waals surface area contributed by atoms with Crippen molar-refractivity contribution in [2.45, 2.75) is 13.3 Å². The lowest BCUT2D eigenvalue weighted by molar-refractivity contribution is 0.0750. The average Bonchev–Trinajstić information content (AvgIpc) is 3.10. The molecule has 2 heterocycles. The molecule has 0 atom stereocenters. The summed E-state index contributed by atoms with van der Waals surface area (Å²) in [5.41, 5.74) is 2.97. The van der Waals surface area contributed by atoms with Crippen LogP contribution in [0, 0.1) is 12.7 Å². The predicted octanol–water partition coefficient (Wildman–Crippen LogP) is 4.14. The van der Waals surface area contributed by atoms with E-state index in [9.17, 15) is 9.18 Å². The summed E-state index contributed by atoms with van der Waals surface area (Å²) in [6, 6.07) is 16.7. The van der Waals surface area contributed by atoms with E-state index >= 15 is 0 Å². The average molecular weight is 396 g/mol. The summed E-state index contributed by atoms with van der Waals surface area (Å²) in [4.78, 5) is 22.5. The maximum atomic E-state index is 13.1. The predicted molar refractivity (Wildman–Crippen MR) is 111 cm³/mol. The third-order valence-electron chi connectivity index (χ3n) is 4.99. The molecule has 1 aliphatic rings. The molecule has 3 aromatic rings. The number of benzene rings is 2. The van der Waals surface area contributed by atoms with Gasteiger partial charge in [-0.15, -0.1) is 11.3 Å². The van der Waals surface area contributed by atoms with Gasteiger partial charge in [0.2, 0.25) is 0 Å². The Morgan fingerprint density at radius 3 is 2.39 bits per heavy atom. The highest BCUT2D eigenvalue weighted by molar-refractivity contribution is 7.13. The summed E-state index contributed by atoms with van der Waals surface area (Å²) < 4.78 is 13.1. The van der Waals surface area contributed by atoms with Crippen molar-refractivity contribution in [2.24, 2.45) is 0 Å². The van der Waals surface area contributed by atoms with Crippen molar-refractivity contribution in [1.29, 1.82) is 0 Å². The quantitative estimate of drug-likeness (QED) is 0.666. The molecule has 1 aromatic heterocycles. The molecular weight excluding hydrogens is 373 g/mol. The van der Waals surface area contributed by atoms with Gasteiger partial charge in [0.25, 0.3) is 5.91 Å². The van der Waals surface area contributed by atoms with Gasteiger partial charge in [0.1, 0.15) is 10.7 Å². The van der Waals surface area contributed by atoms with Crippen LogP contribution < -0.4 is 4.90 Å². The lowest BCUT2D eigenvalue weighted by atomic mass is 10.1. The Morgan fingerprint density at radius 2 is 1.71 bits per heavy atom. The molecule has 4 rings (SSSR count). The van der Waals surface area contributed by atoms with Crippen LogP contribution in [-0.4, -0.2) is 42.0 Å². The summed E-state index contributed by atoms with van der Waals surface area (Å²) in [6.07, 6.45) is 0.612. The number of hydrogen-bond donors (Lipinski definition) is 0. The number of hydrogen-bond acceptors (Lipinski definition) is 4. The molecule has 2 aromatic carbocycles. The number of aryl methyl sites for hydroxylation is 1. The van der Waals surface area contributed by atoms with Crippen LogP contribution in [0.3, 0.4) is 0 Å². The van der Waals surface area contributed by atoms with Crippen molar-refractivity contribution in [2.75, 3.05) is 31.1 Å². The van der Waals surface area contributed by atoms with E-state index in [0.29, 0.717) is 24.4 Å². The van der Waals surface area contributed by atoms with Crippen LogP contribution in [0.4, 0.5) is 10.1 Å². The number of halogens is 1. The number of carbonyl (C=O) groups excluding carboxylic acids is 1. The number of piperazine rings is 1. The minimum Gasteiger partial charge on any atom is -0.368 e. The zero-order valence-electron chi connectivity index (χ0n) is 15.8. The lowest BCUT2D eigenvalue weighted by Gasteiger charge is -2.36. The van der Waals surface area contributed by atoms with Gasteiger partial charge in [-0.2, -0.15) is 0 Å². The van der Waals surface area contributed by atoms with Crippen molar-refractivity contribution in [1.82, 2.24) is 9.88 Å². The van der Waals surface area contributed by atoms with Crippen LogP contribution in [0.2, 0.25) is 0 Å². The van der Waals surface area contributed by atoms with Gasteiger partial charge < -0.3 is 9.80 Å².